The van der Waals surface area contributed by atoms with E-state index in [1.807, 2.05) is 81.3 Å². The highest BCUT2D eigenvalue weighted by Crippen LogP contribution is 2.27. The minimum absolute atomic E-state index is 0.475. The highest BCUT2D eigenvalue weighted by Gasteiger charge is 2.28. The van der Waals surface area contributed by atoms with Crippen molar-refractivity contribution in [2.75, 3.05) is 36.0 Å². The van der Waals surface area contributed by atoms with Crippen molar-refractivity contribution in [2.45, 2.75) is 25.5 Å². The van der Waals surface area contributed by atoms with Crippen molar-refractivity contribution >= 4 is 34.4 Å². The van der Waals surface area contributed by atoms with Crippen LogP contribution in [0.3, 0.4) is 0 Å². The van der Waals surface area contributed by atoms with E-state index in [1.54, 1.807) is 23.4 Å². The quantitative estimate of drug-likeness (QED) is 0.226. The van der Waals surface area contributed by atoms with Crippen LogP contribution in [0.15, 0.2) is 78.1 Å². The Balaban J connectivity index is 1.19. The third kappa shape index (κ3) is 5.66. The maximum atomic E-state index is 12.9. The summed E-state index contributed by atoms with van der Waals surface area (Å²) in [6.07, 6.45) is 11.0. The summed E-state index contributed by atoms with van der Waals surface area (Å²) in [5.74, 6) is 1.56. The second kappa shape index (κ2) is 10.9. The van der Waals surface area contributed by atoms with Gasteiger partial charge in [-0.25, -0.2) is 19.5 Å². The second-order valence-corrected chi connectivity index (χ2v) is 12.9. The monoisotopic (exact) mass is 568 g/mol. The molecule has 1 aliphatic heterocycles. The Labute approximate surface area is 241 Å². The van der Waals surface area contributed by atoms with Crippen LogP contribution in [-0.4, -0.2) is 75.5 Å². The van der Waals surface area contributed by atoms with E-state index in [-0.39, 0.29) is 0 Å². The number of fused-ring (bicyclic) bond motifs is 1. The van der Waals surface area contributed by atoms with Gasteiger partial charge in [0.05, 0.1) is 6.20 Å². The molecule has 1 atom stereocenters. The molecule has 41 heavy (non-hydrogen) atoms. The Kier molecular flexibility index (Phi) is 7.18. The van der Waals surface area contributed by atoms with E-state index in [0.29, 0.717) is 11.7 Å². The SMILES string of the molecule is Cn1cc(-c2cc3c(N4CCN(c5ncc(/C(=N/[S+]([O-])C(C)(C)C)c6ccccc6)cn5)CC4)ncnn3c2)cn1. The zero-order valence-corrected chi connectivity index (χ0v) is 24.4. The molecule has 0 saturated carbocycles. The van der Waals surface area contributed by atoms with E-state index in [0.717, 1.165) is 59.8 Å². The van der Waals surface area contributed by atoms with Gasteiger partial charge in [0.15, 0.2) is 5.82 Å². The van der Waals surface area contributed by atoms with Gasteiger partial charge >= 0.3 is 0 Å². The molecule has 0 radical (unpaired) electrons. The van der Waals surface area contributed by atoms with Crippen molar-refractivity contribution in [3.05, 3.63) is 84.8 Å². The lowest BCUT2D eigenvalue weighted by atomic mass is 10.1. The zero-order chi connectivity index (χ0) is 28.6. The molecule has 0 amide bonds. The molecule has 4 aromatic heterocycles. The summed E-state index contributed by atoms with van der Waals surface area (Å²) in [5, 5.41) is 8.71. The molecular formula is C29H32N10OS. The van der Waals surface area contributed by atoms with E-state index in [4.69, 9.17) is 0 Å². The Morgan fingerprint density at radius 2 is 1.56 bits per heavy atom. The average Bonchev–Trinajstić information content (AvgIpc) is 3.62. The van der Waals surface area contributed by atoms with Crippen molar-refractivity contribution in [3.8, 4) is 11.1 Å². The topological polar surface area (TPSA) is 116 Å². The van der Waals surface area contributed by atoms with Gasteiger partial charge < -0.3 is 14.4 Å². The van der Waals surface area contributed by atoms with Crippen LogP contribution >= 0.6 is 0 Å². The van der Waals surface area contributed by atoms with Gasteiger partial charge in [-0.2, -0.15) is 10.2 Å². The molecule has 0 aliphatic carbocycles. The lowest BCUT2D eigenvalue weighted by molar-refractivity contribution is 0.561. The van der Waals surface area contributed by atoms with E-state index in [9.17, 15) is 4.55 Å². The fourth-order valence-corrected chi connectivity index (χ4v) is 5.35. The number of benzene rings is 1. The molecule has 1 saturated heterocycles. The molecule has 5 aromatic rings. The van der Waals surface area contributed by atoms with E-state index in [1.165, 1.54) is 0 Å². The number of aromatic nitrogens is 7. The minimum Gasteiger partial charge on any atom is -0.591 e. The van der Waals surface area contributed by atoms with Crippen molar-refractivity contribution in [2.24, 2.45) is 11.4 Å². The third-order valence-corrected chi connectivity index (χ3v) is 8.34. The van der Waals surface area contributed by atoms with Crippen molar-refractivity contribution in [3.63, 3.8) is 0 Å². The van der Waals surface area contributed by atoms with Gasteiger partial charge in [-0.15, -0.1) is 0 Å². The van der Waals surface area contributed by atoms with Crippen LogP contribution in [0, 0.1) is 0 Å². The predicted octanol–water partition coefficient (Wildman–Crippen LogP) is 3.55. The van der Waals surface area contributed by atoms with Crippen LogP contribution in [0.5, 0.6) is 0 Å². The van der Waals surface area contributed by atoms with Crippen LogP contribution in [-0.2, 0) is 18.4 Å². The summed E-state index contributed by atoms with van der Waals surface area (Å²) >= 11 is -1.42. The summed E-state index contributed by atoms with van der Waals surface area (Å²) in [6.45, 7) is 8.78. The van der Waals surface area contributed by atoms with Crippen molar-refractivity contribution in [1.29, 1.82) is 0 Å². The fraction of sp³-hybridized carbons (Fsp3) is 0.310. The van der Waals surface area contributed by atoms with Crippen molar-refractivity contribution in [1.82, 2.24) is 34.3 Å². The molecule has 1 unspecified atom stereocenters. The predicted molar refractivity (Wildman–Crippen MR) is 162 cm³/mol. The standard InChI is InChI=1S/C29H32N10OS/c1-29(2,3)41(40)35-26(21-8-6-5-7-9-21)23-15-30-28(31-16-23)38-12-10-37(11-13-38)27-25-14-22(19-39(25)34-20-32-27)24-17-33-36(4)18-24/h5-9,14-20H,10-13H2,1-4H3/b35-26+. The van der Waals surface area contributed by atoms with Crippen molar-refractivity contribution < 1.29 is 4.55 Å². The number of aryl methyl sites for hydroxylation is 1. The van der Waals surface area contributed by atoms with Gasteiger partial charge in [-0.3, -0.25) is 4.68 Å². The maximum absolute atomic E-state index is 12.9. The Morgan fingerprint density at radius 3 is 2.22 bits per heavy atom. The maximum Gasteiger partial charge on any atom is 0.225 e. The van der Waals surface area contributed by atoms with Crippen LogP contribution in [0.25, 0.3) is 16.6 Å². The Morgan fingerprint density at radius 1 is 0.854 bits per heavy atom. The highest BCUT2D eigenvalue weighted by atomic mass is 32.2. The van der Waals surface area contributed by atoms with E-state index >= 15 is 0 Å². The van der Waals surface area contributed by atoms with Gasteiger partial charge in [0.2, 0.25) is 5.95 Å². The lowest BCUT2D eigenvalue weighted by Crippen LogP contribution is -2.47. The second-order valence-electron chi connectivity index (χ2n) is 11.0. The van der Waals surface area contributed by atoms with Gasteiger partial charge in [-0.05, 0) is 26.8 Å². The van der Waals surface area contributed by atoms with Crippen LogP contribution in [0.4, 0.5) is 11.8 Å². The molecule has 5 heterocycles. The molecule has 0 N–H and O–H groups in total. The summed E-state index contributed by atoms with van der Waals surface area (Å²) in [4.78, 5) is 18.4. The summed E-state index contributed by atoms with van der Waals surface area (Å²) in [7, 11) is 1.91. The van der Waals surface area contributed by atoms with E-state index < -0.39 is 16.1 Å². The number of piperazine rings is 1. The molecule has 0 spiro atoms. The molecule has 1 aromatic carbocycles. The molecule has 210 valence electrons. The zero-order valence-electron chi connectivity index (χ0n) is 23.5. The first-order valence-corrected chi connectivity index (χ1v) is 14.6. The van der Waals surface area contributed by atoms with Crippen LogP contribution in [0.1, 0.15) is 31.9 Å². The number of anilines is 2. The first-order valence-electron chi connectivity index (χ1n) is 13.5. The minimum atomic E-state index is -1.42. The normalized spacial score (nSPS) is 15.5. The number of hydrogen-bond donors (Lipinski definition) is 0. The van der Waals surface area contributed by atoms with Gasteiger partial charge in [-0.1, -0.05) is 34.7 Å². The number of hydrogen-bond acceptors (Lipinski definition) is 9. The van der Waals surface area contributed by atoms with E-state index in [2.05, 4.69) is 45.4 Å². The van der Waals surface area contributed by atoms with Crippen LogP contribution < -0.4 is 9.80 Å². The Hall–Kier alpha value is -4.29. The smallest absolute Gasteiger partial charge is 0.225 e. The molecule has 1 fully saturated rings. The summed E-state index contributed by atoms with van der Waals surface area (Å²) in [6, 6.07) is 11.9. The largest absolute Gasteiger partial charge is 0.591 e. The number of nitrogens with zero attached hydrogens (tertiary/aromatic N) is 10. The van der Waals surface area contributed by atoms with Gasteiger partial charge in [0, 0.05) is 80.3 Å². The molecule has 6 rings (SSSR count). The first-order chi connectivity index (χ1) is 19.8. The summed E-state index contributed by atoms with van der Waals surface area (Å²) < 4.78 is 20.7. The third-order valence-electron chi connectivity index (χ3n) is 6.94. The average molecular weight is 569 g/mol. The summed E-state index contributed by atoms with van der Waals surface area (Å²) in [5.41, 5.74) is 5.29. The molecule has 12 heteroatoms. The molecule has 0 bridgehead atoms. The molecule has 1 aliphatic rings. The number of rotatable bonds is 6. The highest BCUT2D eigenvalue weighted by molar-refractivity contribution is 7.91. The lowest BCUT2D eigenvalue weighted by Gasteiger charge is -2.35. The van der Waals surface area contributed by atoms with Crippen LogP contribution in [0.2, 0.25) is 0 Å². The van der Waals surface area contributed by atoms with Gasteiger partial charge in [0.25, 0.3) is 0 Å². The fourth-order valence-electron chi connectivity index (χ4n) is 4.70. The van der Waals surface area contributed by atoms with Gasteiger partial charge in [0.1, 0.15) is 33.7 Å². The molecule has 11 nitrogen and oxygen atoms in total. The Bertz CT molecular complexity index is 1670. The molecular weight excluding hydrogens is 536 g/mol. The first kappa shape index (κ1) is 26.9.